The van der Waals surface area contributed by atoms with Gasteiger partial charge in [-0.05, 0) is 25.0 Å². The van der Waals surface area contributed by atoms with Crippen LogP contribution in [0.5, 0.6) is 0 Å². The zero-order chi connectivity index (χ0) is 11.0. The molecule has 0 saturated carbocycles. The molecule has 0 atom stereocenters. The van der Waals surface area contributed by atoms with Crippen LogP contribution in [0, 0.1) is 13.8 Å². The van der Waals surface area contributed by atoms with Crippen molar-refractivity contribution in [2.24, 2.45) is 0 Å². The maximum Gasteiger partial charge on any atom is 0.0976 e. The molecule has 0 saturated heterocycles. The van der Waals surface area contributed by atoms with E-state index in [0.717, 1.165) is 19.8 Å². The highest BCUT2D eigenvalue weighted by Crippen LogP contribution is 2.34. The van der Waals surface area contributed by atoms with Crippen LogP contribution >= 0.6 is 34.5 Å². The Bertz CT molecular complexity index is 207. The van der Waals surface area contributed by atoms with Gasteiger partial charge in [-0.25, -0.2) is 0 Å². The Kier molecular flexibility index (Phi) is 10.7. The van der Waals surface area contributed by atoms with Crippen LogP contribution in [-0.4, -0.2) is 0 Å². The molecular formula is C10H18Cl2S. The molecule has 0 radical (unpaired) electrons. The Balaban J connectivity index is 0. The Morgan fingerprint density at radius 3 is 1.08 bits per heavy atom. The summed E-state index contributed by atoms with van der Waals surface area (Å²) in [7, 11) is 0. The summed E-state index contributed by atoms with van der Waals surface area (Å²) in [4.78, 5) is 0. The molecule has 1 rings (SSSR count). The summed E-state index contributed by atoms with van der Waals surface area (Å²) in [5, 5.41) is 0. The van der Waals surface area contributed by atoms with Gasteiger partial charge >= 0.3 is 0 Å². The van der Waals surface area contributed by atoms with E-state index in [-0.39, 0.29) is 0 Å². The molecule has 0 aliphatic heterocycles. The fraction of sp³-hybridized carbons (Fsp3) is 0.600. The molecule has 0 aliphatic rings. The molecule has 0 bridgehead atoms. The Labute approximate surface area is 95.9 Å². The first-order valence-corrected chi connectivity index (χ1v) is 6.11. The zero-order valence-electron chi connectivity index (χ0n) is 9.16. The zero-order valence-corrected chi connectivity index (χ0v) is 11.5. The summed E-state index contributed by atoms with van der Waals surface area (Å²) < 4.78 is 1.61. The molecule has 0 nitrogen and oxygen atoms in total. The van der Waals surface area contributed by atoms with Crippen LogP contribution < -0.4 is 0 Å². The van der Waals surface area contributed by atoms with Gasteiger partial charge < -0.3 is 0 Å². The summed E-state index contributed by atoms with van der Waals surface area (Å²) in [6.07, 6.45) is 0. The molecule has 13 heavy (non-hydrogen) atoms. The molecule has 3 heteroatoms. The van der Waals surface area contributed by atoms with E-state index in [9.17, 15) is 0 Å². The standard InChI is InChI=1S/C6H6Cl2S.2C2H6/c1-3-4(2)6(8)9-5(3)7;2*1-2/h1-2H3;2*1-2H3. The monoisotopic (exact) mass is 240 g/mol. The lowest BCUT2D eigenvalue weighted by Crippen LogP contribution is -1.69. The van der Waals surface area contributed by atoms with E-state index in [1.165, 1.54) is 11.3 Å². The predicted molar refractivity (Wildman–Crippen MR) is 66.5 cm³/mol. The van der Waals surface area contributed by atoms with Gasteiger partial charge in [-0.15, -0.1) is 11.3 Å². The first kappa shape index (κ1) is 15.7. The molecule has 0 aliphatic carbocycles. The fourth-order valence-electron chi connectivity index (χ4n) is 0.527. The lowest BCUT2D eigenvalue weighted by molar-refractivity contribution is 1.41. The molecular weight excluding hydrogens is 223 g/mol. The number of hydrogen-bond acceptors (Lipinski definition) is 1. The average molecular weight is 241 g/mol. The summed E-state index contributed by atoms with van der Waals surface area (Å²) >= 11 is 13.0. The van der Waals surface area contributed by atoms with Crippen molar-refractivity contribution >= 4 is 34.5 Å². The number of thiophene rings is 1. The van der Waals surface area contributed by atoms with E-state index in [0.29, 0.717) is 0 Å². The Hall–Kier alpha value is 0.280. The van der Waals surface area contributed by atoms with Crippen LogP contribution in [0.2, 0.25) is 8.67 Å². The third-order valence-corrected chi connectivity index (χ3v) is 3.33. The van der Waals surface area contributed by atoms with E-state index in [1.54, 1.807) is 0 Å². The topological polar surface area (TPSA) is 0 Å². The Morgan fingerprint density at radius 1 is 0.769 bits per heavy atom. The number of hydrogen-bond donors (Lipinski definition) is 0. The van der Waals surface area contributed by atoms with Crippen molar-refractivity contribution in [3.63, 3.8) is 0 Å². The van der Waals surface area contributed by atoms with Gasteiger partial charge in [0, 0.05) is 0 Å². The van der Waals surface area contributed by atoms with E-state index in [1.807, 2.05) is 41.5 Å². The summed E-state index contributed by atoms with van der Waals surface area (Å²) in [5.74, 6) is 0. The van der Waals surface area contributed by atoms with Crippen LogP contribution in [0.4, 0.5) is 0 Å². The van der Waals surface area contributed by atoms with Gasteiger partial charge in [0.1, 0.15) is 0 Å². The molecule has 0 fully saturated rings. The van der Waals surface area contributed by atoms with Gasteiger partial charge in [0.2, 0.25) is 0 Å². The van der Waals surface area contributed by atoms with E-state index in [4.69, 9.17) is 23.2 Å². The van der Waals surface area contributed by atoms with Crippen molar-refractivity contribution in [1.29, 1.82) is 0 Å². The number of rotatable bonds is 0. The first-order chi connectivity index (χ1) is 6.13. The predicted octanol–water partition coefficient (Wildman–Crippen LogP) is 5.72. The van der Waals surface area contributed by atoms with Crippen molar-refractivity contribution in [1.82, 2.24) is 0 Å². The smallest absolute Gasteiger partial charge is 0.0976 e. The quantitative estimate of drug-likeness (QED) is 0.544. The normalized spacial score (nSPS) is 8.00. The maximum absolute atomic E-state index is 5.77. The van der Waals surface area contributed by atoms with Crippen molar-refractivity contribution < 1.29 is 0 Å². The molecule has 0 aromatic carbocycles. The first-order valence-electron chi connectivity index (χ1n) is 4.54. The van der Waals surface area contributed by atoms with Gasteiger partial charge in [0.05, 0.1) is 8.67 Å². The molecule has 0 spiro atoms. The molecule has 0 amide bonds. The molecule has 1 heterocycles. The summed E-state index contributed by atoms with van der Waals surface area (Å²) in [5.41, 5.74) is 2.21. The second-order valence-electron chi connectivity index (χ2n) is 1.90. The SMILES string of the molecule is CC.CC.Cc1c(Cl)sc(Cl)c1C. The third kappa shape index (κ3) is 4.90. The second kappa shape index (κ2) is 8.86. The largest absolute Gasteiger partial charge is 0.111 e. The van der Waals surface area contributed by atoms with Crippen LogP contribution in [-0.2, 0) is 0 Å². The minimum Gasteiger partial charge on any atom is -0.111 e. The lowest BCUT2D eigenvalue weighted by Gasteiger charge is -1.86. The van der Waals surface area contributed by atoms with Gasteiger partial charge in [-0.3, -0.25) is 0 Å². The van der Waals surface area contributed by atoms with Gasteiger partial charge in [-0.1, -0.05) is 50.9 Å². The number of halogens is 2. The van der Waals surface area contributed by atoms with Crippen LogP contribution in [0.1, 0.15) is 38.8 Å². The minimum atomic E-state index is 0.803. The third-order valence-electron chi connectivity index (χ3n) is 1.33. The van der Waals surface area contributed by atoms with Crippen molar-refractivity contribution in [2.75, 3.05) is 0 Å². The Morgan fingerprint density at radius 2 is 1.00 bits per heavy atom. The highest BCUT2D eigenvalue weighted by molar-refractivity contribution is 7.20. The summed E-state index contributed by atoms with van der Waals surface area (Å²) in [6, 6.07) is 0. The molecule has 1 aromatic heterocycles. The molecule has 0 N–H and O–H groups in total. The highest BCUT2D eigenvalue weighted by atomic mass is 35.5. The molecule has 1 aromatic rings. The van der Waals surface area contributed by atoms with Crippen LogP contribution in [0.15, 0.2) is 0 Å². The minimum absolute atomic E-state index is 0.803. The van der Waals surface area contributed by atoms with Gasteiger partial charge in [0.15, 0.2) is 0 Å². The van der Waals surface area contributed by atoms with Gasteiger partial charge in [0.25, 0.3) is 0 Å². The molecule has 0 unspecified atom stereocenters. The van der Waals surface area contributed by atoms with Crippen LogP contribution in [0.3, 0.4) is 0 Å². The summed E-state index contributed by atoms with van der Waals surface area (Å²) in [6.45, 7) is 11.9. The van der Waals surface area contributed by atoms with E-state index < -0.39 is 0 Å². The van der Waals surface area contributed by atoms with Crippen molar-refractivity contribution in [2.45, 2.75) is 41.5 Å². The van der Waals surface area contributed by atoms with Crippen LogP contribution in [0.25, 0.3) is 0 Å². The van der Waals surface area contributed by atoms with Crippen molar-refractivity contribution in [3.05, 3.63) is 19.8 Å². The maximum atomic E-state index is 5.77. The fourth-order valence-corrected chi connectivity index (χ4v) is 2.16. The van der Waals surface area contributed by atoms with E-state index in [2.05, 4.69) is 0 Å². The molecule has 78 valence electrons. The van der Waals surface area contributed by atoms with E-state index >= 15 is 0 Å². The average Bonchev–Trinajstić information content (AvgIpc) is 2.40. The highest BCUT2D eigenvalue weighted by Gasteiger charge is 2.05. The second-order valence-corrected chi connectivity index (χ2v) is 4.12. The lowest BCUT2D eigenvalue weighted by atomic mass is 10.2. The van der Waals surface area contributed by atoms with Gasteiger partial charge in [-0.2, -0.15) is 0 Å². The van der Waals surface area contributed by atoms with Crippen molar-refractivity contribution in [3.8, 4) is 0 Å².